The van der Waals surface area contributed by atoms with Gasteiger partial charge in [-0.1, -0.05) is 25.1 Å². The Bertz CT molecular complexity index is 922. The molecule has 5 heteroatoms. The molecule has 0 aliphatic rings. The molecule has 2 aromatic carbocycles. The normalized spacial score (nSPS) is 10.8. The van der Waals surface area contributed by atoms with Gasteiger partial charge in [0, 0.05) is 11.3 Å². The highest BCUT2D eigenvalue weighted by molar-refractivity contribution is 6.09. The number of aromatic hydroxyl groups is 1. The Kier molecular flexibility index (Phi) is 7.41. The number of nitrogens with zero attached hydrogens (tertiary/aromatic N) is 1. The number of hydrogen-bond donors (Lipinski definition) is 2. The highest BCUT2D eigenvalue weighted by Gasteiger charge is 2.13. The van der Waals surface area contributed by atoms with E-state index in [4.69, 9.17) is 4.74 Å². The van der Waals surface area contributed by atoms with E-state index in [0.29, 0.717) is 35.6 Å². The van der Waals surface area contributed by atoms with Crippen LogP contribution in [0.2, 0.25) is 0 Å². The number of ether oxygens (including phenoxy) is 1. The molecule has 0 heterocycles. The summed E-state index contributed by atoms with van der Waals surface area (Å²) in [6.07, 6.45) is 4.49. The van der Waals surface area contributed by atoms with Gasteiger partial charge in [-0.05, 0) is 61.2 Å². The summed E-state index contributed by atoms with van der Waals surface area (Å²) >= 11 is 0. The van der Waals surface area contributed by atoms with Crippen molar-refractivity contribution in [3.63, 3.8) is 0 Å². The number of amides is 1. The molecule has 0 aromatic heterocycles. The Morgan fingerprint density at radius 2 is 2.00 bits per heavy atom. The molecule has 144 valence electrons. The third-order valence-corrected chi connectivity index (χ3v) is 4.14. The van der Waals surface area contributed by atoms with Gasteiger partial charge in [0.05, 0.1) is 6.61 Å². The third-order valence-electron chi connectivity index (χ3n) is 4.14. The number of anilines is 1. The fourth-order valence-corrected chi connectivity index (χ4v) is 2.69. The third kappa shape index (κ3) is 5.24. The minimum atomic E-state index is -0.497. The average molecular weight is 376 g/mol. The van der Waals surface area contributed by atoms with Crippen LogP contribution in [0.1, 0.15) is 30.5 Å². The van der Waals surface area contributed by atoms with Crippen molar-refractivity contribution in [2.24, 2.45) is 0 Å². The summed E-state index contributed by atoms with van der Waals surface area (Å²) in [7, 11) is 0. The molecule has 2 N–H and O–H groups in total. The summed E-state index contributed by atoms with van der Waals surface area (Å²) in [5, 5.41) is 22.4. The predicted molar refractivity (Wildman–Crippen MR) is 111 cm³/mol. The second-order valence-corrected chi connectivity index (χ2v) is 6.13. The van der Waals surface area contributed by atoms with Gasteiger partial charge in [-0.3, -0.25) is 4.79 Å². The molecule has 5 nitrogen and oxygen atoms in total. The Balaban J connectivity index is 2.32. The Hall–Kier alpha value is -3.52. The van der Waals surface area contributed by atoms with Crippen molar-refractivity contribution in [2.45, 2.75) is 26.7 Å². The van der Waals surface area contributed by atoms with Crippen LogP contribution in [0.25, 0.3) is 6.08 Å². The summed E-state index contributed by atoms with van der Waals surface area (Å²) < 4.78 is 5.46. The van der Waals surface area contributed by atoms with Crippen LogP contribution in [0.15, 0.2) is 54.6 Å². The number of rotatable bonds is 8. The minimum absolute atomic E-state index is 0.0397. The topological polar surface area (TPSA) is 82.4 Å². The predicted octanol–water partition coefficient (Wildman–Crippen LogP) is 4.63. The van der Waals surface area contributed by atoms with Crippen molar-refractivity contribution >= 4 is 17.7 Å². The maximum absolute atomic E-state index is 12.5. The van der Waals surface area contributed by atoms with Gasteiger partial charge in [0.1, 0.15) is 11.6 Å². The van der Waals surface area contributed by atoms with E-state index in [1.165, 1.54) is 6.08 Å². The molecule has 0 unspecified atom stereocenters. The van der Waals surface area contributed by atoms with Crippen molar-refractivity contribution in [3.8, 4) is 17.6 Å². The van der Waals surface area contributed by atoms with Crippen molar-refractivity contribution in [1.29, 1.82) is 5.26 Å². The fourth-order valence-electron chi connectivity index (χ4n) is 2.69. The van der Waals surface area contributed by atoms with Crippen molar-refractivity contribution in [1.82, 2.24) is 0 Å². The van der Waals surface area contributed by atoms with Gasteiger partial charge in [0.25, 0.3) is 5.91 Å². The number of phenols is 1. The van der Waals surface area contributed by atoms with Gasteiger partial charge in [0.2, 0.25) is 0 Å². The summed E-state index contributed by atoms with van der Waals surface area (Å²) in [5.41, 5.74) is 2.94. The molecule has 0 saturated heterocycles. The van der Waals surface area contributed by atoms with Crippen LogP contribution in [0.4, 0.5) is 5.69 Å². The second kappa shape index (κ2) is 9.98. The molecule has 2 aromatic rings. The molecule has 1 amide bonds. The van der Waals surface area contributed by atoms with E-state index < -0.39 is 5.91 Å². The molecule has 0 atom stereocenters. The first-order valence-corrected chi connectivity index (χ1v) is 9.14. The number of aryl methyl sites for hydroxylation is 1. The molecule has 0 fully saturated rings. The average Bonchev–Trinajstić information content (AvgIpc) is 2.70. The second-order valence-electron chi connectivity index (χ2n) is 6.13. The lowest BCUT2D eigenvalue weighted by atomic mass is 10.0. The zero-order chi connectivity index (χ0) is 20.5. The lowest BCUT2D eigenvalue weighted by Crippen LogP contribution is -2.13. The number of hydrogen-bond acceptors (Lipinski definition) is 4. The van der Waals surface area contributed by atoms with E-state index in [1.54, 1.807) is 18.2 Å². The van der Waals surface area contributed by atoms with Crippen LogP contribution >= 0.6 is 0 Å². The number of nitrogens with one attached hydrogen (secondary N) is 1. The summed E-state index contributed by atoms with van der Waals surface area (Å²) in [6.45, 7) is 7.93. The smallest absolute Gasteiger partial charge is 0.266 e. The van der Waals surface area contributed by atoms with E-state index in [0.717, 1.165) is 12.0 Å². The SMILES string of the molecule is C=CCc1cc(/C=C(/C#N)C(=O)Nc2ccc(CC)cc2)cc(OCC)c1O. The molecular formula is C23H24N2O3. The van der Waals surface area contributed by atoms with Gasteiger partial charge >= 0.3 is 0 Å². The van der Waals surface area contributed by atoms with Crippen LogP contribution in [0, 0.1) is 11.3 Å². The summed E-state index contributed by atoms with van der Waals surface area (Å²) in [6, 6.07) is 12.7. The molecule has 0 aliphatic carbocycles. The minimum Gasteiger partial charge on any atom is -0.504 e. The zero-order valence-corrected chi connectivity index (χ0v) is 16.2. The van der Waals surface area contributed by atoms with E-state index in [2.05, 4.69) is 18.8 Å². The fraction of sp³-hybridized carbons (Fsp3) is 0.217. The maximum atomic E-state index is 12.5. The first kappa shape index (κ1) is 20.8. The summed E-state index contributed by atoms with van der Waals surface area (Å²) in [4.78, 5) is 12.5. The molecule has 2 rings (SSSR count). The number of benzene rings is 2. The van der Waals surface area contributed by atoms with Gasteiger partial charge in [-0.15, -0.1) is 6.58 Å². The monoisotopic (exact) mass is 376 g/mol. The first-order valence-electron chi connectivity index (χ1n) is 9.14. The number of allylic oxidation sites excluding steroid dienone is 1. The van der Waals surface area contributed by atoms with E-state index >= 15 is 0 Å². The largest absolute Gasteiger partial charge is 0.504 e. The Morgan fingerprint density at radius 3 is 2.57 bits per heavy atom. The quantitative estimate of drug-likeness (QED) is 0.400. The van der Waals surface area contributed by atoms with E-state index in [9.17, 15) is 15.2 Å². The van der Waals surface area contributed by atoms with Gasteiger partial charge in [0.15, 0.2) is 11.5 Å². The first-order chi connectivity index (χ1) is 13.5. The van der Waals surface area contributed by atoms with Crippen LogP contribution < -0.4 is 10.1 Å². The van der Waals surface area contributed by atoms with Crippen LogP contribution in [0.5, 0.6) is 11.5 Å². The van der Waals surface area contributed by atoms with Crippen molar-refractivity contribution in [2.75, 3.05) is 11.9 Å². The van der Waals surface area contributed by atoms with Gasteiger partial charge in [-0.25, -0.2) is 0 Å². The highest BCUT2D eigenvalue weighted by Crippen LogP contribution is 2.33. The van der Waals surface area contributed by atoms with E-state index in [-0.39, 0.29) is 11.3 Å². The lowest BCUT2D eigenvalue weighted by Gasteiger charge is -2.11. The Morgan fingerprint density at radius 1 is 1.29 bits per heavy atom. The standard InChI is InChI=1S/C23H24N2O3/c1-4-7-18-12-17(14-21(22(18)26)28-6-3)13-19(15-24)23(27)25-20-10-8-16(5-2)9-11-20/h4,8-14,26H,1,5-7H2,2-3H3,(H,25,27)/b19-13-. The number of phenolic OH excluding ortho intramolecular Hbond substituents is 1. The van der Waals surface area contributed by atoms with Crippen molar-refractivity contribution in [3.05, 3.63) is 71.3 Å². The molecular weight excluding hydrogens is 352 g/mol. The molecule has 0 bridgehead atoms. The van der Waals surface area contributed by atoms with Crippen LogP contribution in [0.3, 0.4) is 0 Å². The van der Waals surface area contributed by atoms with Crippen molar-refractivity contribution < 1.29 is 14.6 Å². The number of nitriles is 1. The molecule has 0 saturated carbocycles. The number of carbonyl (C=O) groups is 1. The van der Waals surface area contributed by atoms with E-state index in [1.807, 2.05) is 37.3 Å². The highest BCUT2D eigenvalue weighted by atomic mass is 16.5. The molecule has 0 spiro atoms. The van der Waals surface area contributed by atoms with Gasteiger partial charge < -0.3 is 15.2 Å². The lowest BCUT2D eigenvalue weighted by molar-refractivity contribution is -0.112. The zero-order valence-electron chi connectivity index (χ0n) is 16.2. The molecule has 0 aliphatic heterocycles. The van der Waals surface area contributed by atoms with Gasteiger partial charge in [-0.2, -0.15) is 5.26 Å². The maximum Gasteiger partial charge on any atom is 0.266 e. The Labute approximate surface area is 165 Å². The molecule has 0 radical (unpaired) electrons. The van der Waals surface area contributed by atoms with Crippen LogP contribution in [-0.4, -0.2) is 17.6 Å². The molecule has 28 heavy (non-hydrogen) atoms. The van der Waals surface area contributed by atoms with Crippen LogP contribution in [-0.2, 0) is 17.6 Å². The summed E-state index contributed by atoms with van der Waals surface area (Å²) in [5.74, 6) is -0.151. The number of carbonyl (C=O) groups excluding carboxylic acids is 1.